The normalized spacial score (nSPS) is 10.3. The second kappa shape index (κ2) is 6.78. The molecule has 0 aliphatic heterocycles. The van der Waals surface area contributed by atoms with Crippen LogP contribution in [0.5, 0.6) is 0 Å². The van der Waals surface area contributed by atoms with Gasteiger partial charge in [0.15, 0.2) is 5.69 Å². The number of carbonyl (C=O) groups excluding carboxylic acids is 1. The number of carbonyl (C=O) groups is 2. The Labute approximate surface area is 138 Å². The highest BCUT2D eigenvalue weighted by molar-refractivity contribution is 6.03. The van der Waals surface area contributed by atoms with Crippen LogP contribution in [0, 0.1) is 0 Å². The van der Waals surface area contributed by atoms with E-state index in [1.165, 1.54) is 0 Å². The van der Waals surface area contributed by atoms with E-state index in [1.54, 1.807) is 41.2 Å². The smallest absolute Gasteiger partial charge is 0.307 e. The first-order chi connectivity index (χ1) is 11.6. The van der Waals surface area contributed by atoms with Crippen LogP contribution >= 0.6 is 0 Å². The number of hydrogen-bond acceptors (Lipinski definition) is 3. The first-order valence-electron chi connectivity index (χ1n) is 7.35. The number of benzene rings is 2. The predicted molar refractivity (Wildman–Crippen MR) is 89.3 cm³/mol. The maximum absolute atomic E-state index is 12.4. The molecule has 2 N–H and O–H groups in total. The zero-order valence-corrected chi connectivity index (χ0v) is 12.7. The lowest BCUT2D eigenvalue weighted by Gasteiger charge is -2.08. The lowest BCUT2D eigenvalue weighted by molar-refractivity contribution is -0.136. The van der Waals surface area contributed by atoms with Crippen LogP contribution in [0.4, 0.5) is 5.69 Å². The summed E-state index contributed by atoms with van der Waals surface area (Å²) in [6.45, 7) is 0. The van der Waals surface area contributed by atoms with Crippen molar-refractivity contribution in [2.75, 3.05) is 5.32 Å². The lowest BCUT2D eigenvalue weighted by Crippen LogP contribution is -2.15. The second-order valence-electron chi connectivity index (χ2n) is 5.16. The van der Waals surface area contributed by atoms with Gasteiger partial charge in [0.25, 0.3) is 5.91 Å². The number of carboxylic acids is 1. The Morgan fingerprint density at radius 1 is 1.00 bits per heavy atom. The van der Waals surface area contributed by atoms with Crippen LogP contribution in [0.15, 0.2) is 66.9 Å². The number of anilines is 1. The zero-order valence-electron chi connectivity index (χ0n) is 12.7. The molecule has 0 saturated carbocycles. The van der Waals surface area contributed by atoms with E-state index < -0.39 is 5.97 Å². The molecular formula is C18H15N3O3. The second-order valence-corrected chi connectivity index (χ2v) is 5.16. The van der Waals surface area contributed by atoms with Gasteiger partial charge < -0.3 is 10.4 Å². The third-order valence-corrected chi connectivity index (χ3v) is 3.45. The standard InChI is InChI=1S/C18H15N3O3/c22-17(23)12-13-6-4-5-9-15(13)19-18(24)16-10-11-21(20-16)14-7-2-1-3-8-14/h1-11H,12H2,(H,19,24)(H,22,23). The van der Waals surface area contributed by atoms with Crippen molar-refractivity contribution < 1.29 is 14.7 Å². The molecule has 24 heavy (non-hydrogen) atoms. The van der Waals surface area contributed by atoms with Crippen LogP contribution in [-0.2, 0) is 11.2 Å². The fourth-order valence-electron chi connectivity index (χ4n) is 2.32. The number of aliphatic carboxylic acids is 1. The highest BCUT2D eigenvalue weighted by Gasteiger charge is 2.13. The number of hydrogen-bond donors (Lipinski definition) is 2. The van der Waals surface area contributed by atoms with E-state index in [2.05, 4.69) is 10.4 Å². The molecule has 0 aliphatic carbocycles. The minimum Gasteiger partial charge on any atom is -0.481 e. The summed E-state index contributed by atoms with van der Waals surface area (Å²) in [5.74, 6) is -1.34. The molecule has 0 radical (unpaired) electrons. The molecular weight excluding hydrogens is 306 g/mol. The highest BCUT2D eigenvalue weighted by Crippen LogP contribution is 2.17. The summed E-state index contributed by atoms with van der Waals surface area (Å²) in [5.41, 5.74) is 2.12. The predicted octanol–water partition coefficient (Wildman–Crippen LogP) is 2.75. The van der Waals surface area contributed by atoms with Gasteiger partial charge in [-0.1, -0.05) is 36.4 Å². The van der Waals surface area contributed by atoms with Crippen molar-refractivity contribution in [1.29, 1.82) is 0 Å². The first-order valence-corrected chi connectivity index (χ1v) is 7.35. The maximum Gasteiger partial charge on any atom is 0.307 e. The van der Waals surface area contributed by atoms with Crippen LogP contribution in [0.25, 0.3) is 5.69 Å². The third-order valence-electron chi connectivity index (χ3n) is 3.45. The number of nitrogens with one attached hydrogen (secondary N) is 1. The van der Waals surface area contributed by atoms with Crippen molar-refractivity contribution >= 4 is 17.6 Å². The Morgan fingerprint density at radius 3 is 2.46 bits per heavy atom. The molecule has 0 spiro atoms. The molecule has 0 aliphatic rings. The average Bonchev–Trinajstić information content (AvgIpc) is 3.07. The maximum atomic E-state index is 12.4. The number of carboxylic acid groups (broad SMARTS) is 1. The Morgan fingerprint density at radius 2 is 1.71 bits per heavy atom. The van der Waals surface area contributed by atoms with Crippen molar-refractivity contribution in [3.8, 4) is 5.69 Å². The van der Waals surface area contributed by atoms with E-state index in [-0.39, 0.29) is 18.0 Å². The molecule has 3 aromatic rings. The van der Waals surface area contributed by atoms with E-state index in [0.717, 1.165) is 5.69 Å². The quantitative estimate of drug-likeness (QED) is 0.757. The number of para-hydroxylation sites is 2. The lowest BCUT2D eigenvalue weighted by atomic mass is 10.1. The summed E-state index contributed by atoms with van der Waals surface area (Å²) in [6, 6.07) is 17.9. The van der Waals surface area contributed by atoms with Gasteiger partial charge in [-0.25, -0.2) is 4.68 Å². The number of nitrogens with zero attached hydrogens (tertiary/aromatic N) is 2. The van der Waals surface area contributed by atoms with Crippen LogP contribution in [0.2, 0.25) is 0 Å². The summed E-state index contributed by atoms with van der Waals surface area (Å²) in [6.07, 6.45) is 1.54. The molecule has 0 unspecified atom stereocenters. The van der Waals surface area contributed by atoms with E-state index >= 15 is 0 Å². The zero-order chi connectivity index (χ0) is 16.9. The number of rotatable bonds is 5. The molecule has 1 heterocycles. The SMILES string of the molecule is O=C(O)Cc1ccccc1NC(=O)c1ccn(-c2ccccc2)n1. The van der Waals surface area contributed by atoms with Crippen LogP contribution in [-0.4, -0.2) is 26.8 Å². The fourth-order valence-corrected chi connectivity index (χ4v) is 2.32. The summed E-state index contributed by atoms with van der Waals surface area (Å²) >= 11 is 0. The van der Waals surface area contributed by atoms with Gasteiger partial charge in [-0.2, -0.15) is 5.10 Å². The van der Waals surface area contributed by atoms with Crippen molar-refractivity contribution in [2.45, 2.75) is 6.42 Å². The third kappa shape index (κ3) is 3.49. The molecule has 120 valence electrons. The first kappa shape index (κ1) is 15.5. The molecule has 0 atom stereocenters. The van der Waals surface area contributed by atoms with Crippen molar-refractivity contribution in [2.24, 2.45) is 0 Å². The van der Waals surface area contributed by atoms with Gasteiger partial charge in [0.2, 0.25) is 0 Å². The van der Waals surface area contributed by atoms with Crippen molar-refractivity contribution in [1.82, 2.24) is 9.78 Å². The Kier molecular flexibility index (Phi) is 4.38. The Hall–Kier alpha value is -3.41. The van der Waals surface area contributed by atoms with Crippen LogP contribution in [0.1, 0.15) is 16.1 Å². The van der Waals surface area contributed by atoms with Crippen LogP contribution in [0.3, 0.4) is 0 Å². The van der Waals surface area contributed by atoms with Gasteiger partial charge in [-0.3, -0.25) is 9.59 Å². The molecule has 1 aromatic heterocycles. The summed E-state index contributed by atoms with van der Waals surface area (Å²) in [5, 5.41) is 15.9. The average molecular weight is 321 g/mol. The van der Waals surface area contributed by atoms with Gasteiger partial charge in [0.1, 0.15) is 0 Å². The molecule has 0 bridgehead atoms. The van der Waals surface area contributed by atoms with E-state index in [0.29, 0.717) is 11.3 Å². The summed E-state index contributed by atoms with van der Waals surface area (Å²) in [4.78, 5) is 23.3. The summed E-state index contributed by atoms with van der Waals surface area (Å²) < 4.78 is 1.61. The number of amides is 1. The fraction of sp³-hybridized carbons (Fsp3) is 0.0556. The minimum absolute atomic E-state index is 0.158. The molecule has 1 amide bonds. The highest BCUT2D eigenvalue weighted by atomic mass is 16.4. The van der Waals surface area contributed by atoms with Crippen LogP contribution < -0.4 is 5.32 Å². The van der Waals surface area contributed by atoms with E-state index in [1.807, 2.05) is 30.3 Å². The Bertz CT molecular complexity index is 872. The Balaban J connectivity index is 1.79. The van der Waals surface area contributed by atoms with Gasteiger partial charge in [0, 0.05) is 11.9 Å². The van der Waals surface area contributed by atoms with Gasteiger partial charge >= 0.3 is 5.97 Å². The summed E-state index contributed by atoms with van der Waals surface area (Å²) in [7, 11) is 0. The molecule has 6 heteroatoms. The molecule has 0 fully saturated rings. The monoisotopic (exact) mass is 321 g/mol. The van der Waals surface area contributed by atoms with Gasteiger partial charge in [-0.15, -0.1) is 0 Å². The van der Waals surface area contributed by atoms with Gasteiger partial charge in [-0.05, 0) is 29.8 Å². The van der Waals surface area contributed by atoms with Crippen molar-refractivity contribution in [3.63, 3.8) is 0 Å². The topological polar surface area (TPSA) is 84.2 Å². The largest absolute Gasteiger partial charge is 0.481 e. The number of aromatic nitrogens is 2. The van der Waals surface area contributed by atoms with E-state index in [4.69, 9.17) is 5.11 Å². The molecule has 6 nitrogen and oxygen atoms in total. The van der Waals surface area contributed by atoms with Gasteiger partial charge in [0.05, 0.1) is 12.1 Å². The van der Waals surface area contributed by atoms with E-state index in [9.17, 15) is 9.59 Å². The van der Waals surface area contributed by atoms with Crippen molar-refractivity contribution in [3.05, 3.63) is 78.1 Å². The molecule has 0 saturated heterocycles. The molecule has 2 aromatic carbocycles. The molecule has 3 rings (SSSR count). The minimum atomic E-state index is -0.954.